The van der Waals surface area contributed by atoms with Crippen LogP contribution in [0.4, 0.5) is 25.2 Å². The average Bonchev–Trinajstić information content (AvgIpc) is 2.68. The molecule has 4 rings (SSSR count). The number of benzene rings is 3. The molecule has 162 valence electrons. The summed E-state index contributed by atoms with van der Waals surface area (Å²) in [7, 11) is -12.2. The van der Waals surface area contributed by atoms with Gasteiger partial charge in [-0.15, -0.1) is 0 Å². The third-order valence-corrected chi connectivity index (χ3v) is 9.69. The molecule has 0 spiro atoms. The van der Waals surface area contributed by atoms with Gasteiger partial charge in [0.05, 0.1) is 6.16 Å². The van der Waals surface area contributed by atoms with E-state index in [4.69, 9.17) is 0 Å². The molecule has 0 aromatic heterocycles. The van der Waals surface area contributed by atoms with Crippen LogP contribution in [-0.4, -0.2) is 6.16 Å². The molecule has 0 aliphatic carbocycles. The van der Waals surface area contributed by atoms with Crippen LogP contribution in [0, 0.1) is 0 Å². The number of hydrogen-bond donors (Lipinski definition) is 0. The minimum atomic E-state index is -10.7. The van der Waals surface area contributed by atoms with Crippen molar-refractivity contribution in [1.29, 1.82) is 0 Å². The van der Waals surface area contributed by atoms with Crippen molar-refractivity contribution in [3.05, 3.63) is 90.5 Å². The van der Waals surface area contributed by atoms with Crippen molar-refractivity contribution in [2.24, 2.45) is 0 Å². The molecule has 3 aromatic carbocycles. The topological polar surface area (TPSA) is 0 Å². The third-order valence-electron chi connectivity index (χ3n) is 5.17. The molecule has 1 aliphatic heterocycles. The molecular weight excluding hydrogens is 440 g/mol. The number of rotatable bonds is 2. The third kappa shape index (κ3) is 5.83. The van der Waals surface area contributed by atoms with E-state index < -0.39 is 15.1 Å². The Kier molecular flexibility index (Phi) is 5.58. The molecule has 8 heteroatoms. The van der Waals surface area contributed by atoms with Crippen molar-refractivity contribution in [1.82, 2.24) is 0 Å². The van der Waals surface area contributed by atoms with E-state index in [9.17, 15) is 25.2 Å². The first-order valence-electron chi connectivity index (χ1n) is 9.42. The summed E-state index contributed by atoms with van der Waals surface area (Å²) in [6.45, 7) is 2.38. The van der Waals surface area contributed by atoms with Crippen LogP contribution in [0.3, 0.4) is 0 Å². The zero-order valence-electron chi connectivity index (χ0n) is 16.2. The predicted molar refractivity (Wildman–Crippen MR) is 117 cm³/mol. The minimum absolute atomic E-state index is 0.659. The second-order valence-corrected chi connectivity index (χ2v) is 12.9. The standard InChI is InChI=1S/C22H22P.F6P/c1-18-16-17-23(19-10-4-2-5-11-19,20-12-6-3-7-13-20)22-15-9-8-14-21(18)22;1-7(2,3,4,5)6/h2-15,18H,16-17H2,1H3;/q+1;-1. The van der Waals surface area contributed by atoms with Gasteiger partial charge in [0.25, 0.3) is 0 Å². The maximum atomic E-state index is 9.87. The van der Waals surface area contributed by atoms with Gasteiger partial charge in [-0.3, -0.25) is 0 Å². The van der Waals surface area contributed by atoms with Crippen LogP contribution in [0.1, 0.15) is 24.8 Å². The number of halogens is 6. The van der Waals surface area contributed by atoms with Gasteiger partial charge in [0, 0.05) is 0 Å². The summed E-state index contributed by atoms with van der Waals surface area (Å²) in [5.74, 6) is 0.659. The van der Waals surface area contributed by atoms with Crippen LogP contribution >= 0.6 is 15.1 Å². The molecule has 0 bridgehead atoms. The Bertz CT molecular complexity index is 952. The van der Waals surface area contributed by atoms with Crippen LogP contribution in [0.15, 0.2) is 84.9 Å². The molecule has 0 saturated carbocycles. The van der Waals surface area contributed by atoms with E-state index >= 15 is 0 Å². The van der Waals surface area contributed by atoms with Gasteiger partial charge in [0.15, 0.2) is 0 Å². The van der Waals surface area contributed by atoms with Gasteiger partial charge in [0.1, 0.15) is 23.2 Å². The molecule has 1 atom stereocenters. The van der Waals surface area contributed by atoms with Gasteiger partial charge < -0.3 is 0 Å². The van der Waals surface area contributed by atoms with Gasteiger partial charge >= 0.3 is 33.0 Å². The van der Waals surface area contributed by atoms with Crippen molar-refractivity contribution in [2.75, 3.05) is 6.16 Å². The summed E-state index contributed by atoms with van der Waals surface area (Å²) in [4.78, 5) is 0. The summed E-state index contributed by atoms with van der Waals surface area (Å²) in [6.07, 6.45) is 2.55. The van der Waals surface area contributed by atoms with Crippen molar-refractivity contribution in [2.45, 2.75) is 19.3 Å². The normalized spacial score (nSPS) is 20.0. The van der Waals surface area contributed by atoms with Crippen LogP contribution in [0.25, 0.3) is 0 Å². The zero-order chi connectivity index (χ0) is 22.1. The van der Waals surface area contributed by atoms with E-state index in [1.54, 1.807) is 10.9 Å². The van der Waals surface area contributed by atoms with Crippen molar-refractivity contribution in [3.63, 3.8) is 0 Å². The molecule has 0 fully saturated rings. The Labute approximate surface area is 172 Å². The second kappa shape index (κ2) is 7.35. The SMILES string of the molecule is CC1CC[P+](c2ccccc2)(c2ccccc2)c2ccccc21.F[P-](F)(F)(F)(F)F. The van der Waals surface area contributed by atoms with E-state index in [0.29, 0.717) is 5.92 Å². The van der Waals surface area contributed by atoms with E-state index in [0.717, 1.165) is 0 Å². The van der Waals surface area contributed by atoms with Crippen molar-refractivity contribution < 1.29 is 25.2 Å². The zero-order valence-corrected chi connectivity index (χ0v) is 18.0. The van der Waals surface area contributed by atoms with Gasteiger partial charge in [-0.1, -0.05) is 61.5 Å². The molecule has 1 unspecified atom stereocenters. The fourth-order valence-corrected chi connectivity index (χ4v) is 8.79. The maximum absolute atomic E-state index is 10.7. The molecule has 1 heterocycles. The molecule has 3 aromatic rings. The molecule has 0 N–H and O–H groups in total. The summed E-state index contributed by atoms with van der Waals surface area (Å²) in [6, 6.07) is 31.6. The average molecular weight is 462 g/mol. The van der Waals surface area contributed by atoms with Gasteiger partial charge in [0.2, 0.25) is 0 Å². The Morgan fingerprint density at radius 2 is 1.07 bits per heavy atom. The van der Waals surface area contributed by atoms with Gasteiger partial charge in [-0.2, -0.15) is 0 Å². The molecule has 0 radical (unpaired) electrons. The van der Waals surface area contributed by atoms with Crippen molar-refractivity contribution in [3.8, 4) is 0 Å². The number of fused-ring (bicyclic) bond motifs is 1. The van der Waals surface area contributed by atoms with E-state index in [1.807, 2.05) is 0 Å². The Balaban J connectivity index is 0.000000318. The molecule has 0 saturated heterocycles. The van der Waals surface area contributed by atoms with Crippen LogP contribution in [-0.2, 0) is 0 Å². The van der Waals surface area contributed by atoms with Crippen LogP contribution in [0.5, 0.6) is 0 Å². The number of hydrogen-bond acceptors (Lipinski definition) is 0. The fraction of sp³-hybridized carbons (Fsp3) is 0.182. The molecule has 0 nitrogen and oxygen atoms in total. The first-order chi connectivity index (χ1) is 13.8. The first-order valence-corrected chi connectivity index (χ1v) is 13.4. The Hall–Kier alpha value is -1.90. The summed E-state index contributed by atoms with van der Waals surface area (Å²) < 4.78 is 59.2. The second-order valence-electron chi connectivity index (χ2n) is 7.41. The molecular formula is C22H22F6P2. The quantitative estimate of drug-likeness (QED) is 0.269. The van der Waals surface area contributed by atoms with Crippen LogP contribution in [0.2, 0.25) is 0 Å². The molecule has 1 aliphatic rings. The van der Waals surface area contributed by atoms with Gasteiger partial charge in [-0.25, -0.2) is 0 Å². The van der Waals surface area contributed by atoms with Crippen LogP contribution < -0.4 is 15.9 Å². The fourth-order valence-electron chi connectivity index (χ4n) is 3.97. The molecule has 0 amide bonds. The van der Waals surface area contributed by atoms with E-state index in [-0.39, 0.29) is 0 Å². The Morgan fingerprint density at radius 3 is 1.53 bits per heavy atom. The van der Waals surface area contributed by atoms with E-state index in [2.05, 4.69) is 91.9 Å². The van der Waals surface area contributed by atoms with Gasteiger partial charge in [-0.05, 0) is 48.2 Å². The summed E-state index contributed by atoms with van der Waals surface area (Å²) in [5, 5.41) is 4.63. The monoisotopic (exact) mass is 462 g/mol. The first kappa shape index (κ1) is 22.8. The summed E-state index contributed by atoms with van der Waals surface area (Å²) >= 11 is 0. The Morgan fingerprint density at radius 1 is 0.667 bits per heavy atom. The van der Waals surface area contributed by atoms with E-state index in [1.165, 1.54) is 23.2 Å². The predicted octanol–water partition coefficient (Wildman–Crippen LogP) is 7.87. The summed E-state index contributed by atoms with van der Waals surface area (Å²) in [5.41, 5.74) is 1.56. The molecule has 30 heavy (non-hydrogen) atoms. The van der Waals surface area contributed by atoms with Crippen molar-refractivity contribution >= 4 is 31.0 Å².